The van der Waals surface area contributed by atoms with Gasteiger partial charge in [0, 0.05) is 6.42 Å². The molecule has 3 nitrogen and oxygen atoms in total. The molecule has 0 radical (unpaired) electrons. The first-order chi connectivity index (χ1) is 8.54. The Labute approximate surface area is 110 Å². The van der Waals surface area contributed by atoms with E-state index in [-0.39, 0.29) is 5.91 Å². The van der Waals surface area contributed by atoms with Gasteiger partial charge in [0.1, 0.15) is 0 Å². The van der Waals surface area contributed by atoms with Crippen LogP contribution in [0.2, 0.25) is 0 Å². The van der Waals surface area contributed by atoms with E-state index in [0.717, 1.165) is 29.7 Å². The second kappa shape index (κ2) is 7.04. The standard InChI is InChI=1S/C15H24N2O/c1-4-5-6-7-8-15(18)17-14-10-12(3)11(2)9-13(14)16/h9-10H,4-8,16H2,1-3H3,(H,17,18). The minimum atomic E-state index is 0.0565. The summed E-state index contributed by atoms with van der Waals surface area (Å²) < 4.78 is 0. The fraction of sp³-hybridized carbons (Fsp3) is 0.533. The van der Waals surface area contributed by atoms with Gasteiger partial charge in [0.25, 0.3) is 0 Å². The van der Waals surface area contributed by atoms with E-state index >= 15 is 0 Å². The highest BCUT2D eigenvalue weighted by atomic mass is 16.1. The number of hydrogen-bond donors (Lipinski definition) is 2. The highest BCUT2D eigenvalue weighted by Crippen LogP contribution is 2.23. The molecule has 100 valence electrons. The minimum absolute atomic E-state index is 0.0565. The third-order valence-electron chi connectivity index (χ3n) is 3.20. The van der Waals surface area contributed by atoms with Crippen molar-refractivity contribution in [1.82, 2.24) is 0 Å². The van der Waals surface area contributed by atoms with Crippen LogP contribution < -0.4 is 11.1 Å². The predicted octanol–water partition coefficient (Wildman–Crippen LogP) is 3.79. The van der Waals surface area contributed by atoms with Crippen molar-refractivity contribution in [2.24, 2.45) is 0 Å². The molecule has 0 aliphatic heterocycles. The Balaban J connectivity index is 2.51. The number of rotatable bonds is 6. The van der Waals surface area contributed by atoms with Crippen LogP contribution >= 0.6 is 0 Å². The number of benzene rings is 1. The number of hydrogen-bond acceptors (Lipinski definition) is 2. The van der Waals surface area contributed by atoms with Crippen molar-refractivity contribution in [3.05, 3.63) is 23.3 Å². The molecule has 0 aromatic heterocycles. The van der Waals surface area contributed by atoms with E-state index < -0.39 is 0 Å². The van der Waals surface area contributed by atoms with Gasteiger partial charge in [-0.25, -0.2) is 0 Å². The number of nitrogens with two attached hydrogens (primary N) is 1. The molecule has 0 fully saturated rings. The summed E-state index contributed by atoms with van der Waals surface area (Å²) in [4.78, 5) is 11.8. The van der Waals surface area contributed by atoms with E-state index in [1.807, 2.05) is 26.0 Å². The minimum Gasteiger partial charge on any atom is -0.397 e. The molecular formula is C15H24N2O. The van der Waals surface area contributed by atoms with E-state index in [1.165, 1.54) is 12.8 Å². The maximum atomic E-state index is 11.8. The fourth-order valence-electron chi connectivity index (χ4n) is 1.87. The van der Waals surface area contributed by atoms with Gasteiger partial charge in [-0.3, -0.25) is 4.79 Å². The Kier molecular flexibility index (Phi) is 5.69. The molecule has 0 bridgehead atoms. The van der Waals surface area contributed by atoms with Crippen LogP contribution in [0.25, 0.3) is 0 Å². The normalized spacial score (nSPS) is 10.4. The van der Waals surface area contributed by atoms with Crippen molar-refractivity contribution in [3.8, 4) is 0 Å². The third kappa shape index (κ3) is 4.40. The Morgan fingerprint density at radius 1 is 1.17 bits per heavy atom. The number of nitrogen functional groups attached to an aromatic ring is 1. The van der Waals surface area contributed by atoms with Gasteiger partial charge >= 0.3 is 0 Å². The van der Waals surface area contributed by atoms with E-state index in [2.05, 4.69) is 12.2 Å². The summed E-state index contributed by atoms with van der Waals surface area (Å²) in [6, 6.07) is 3.84. The lowest BCUT2D eigenvalue weighted by molar-refractivity contribution is -0.116. The average molecular weight is 248 g/mol. The molecular weight excluding hydrogens is 224 g/mol. The molecule has 0 saturated heterocycles. The van der Waals surface area contributed by atoms with Crippen LogP contribution in [0.4, 0.5) is 11.4 Å². The van der Waals surface area contributed by atoms with Gasteiger partial charge in [-0.1, -0.05) is 26.2 Å². The zero-order chi connectivity index (χ0) is 13.5. The van der Waals surface area contributed by atoms with Gasteiger partial charge in [0.2, 0.25) is 5.91 Å². The van der Waals surface area contributed by atoms with Gasteiger partial charge < -0.3 is 11.1 Å². The molecule has 0 aliphatic rings. The number of amides is 1. The lowest BCUT2D eigenvalue weighted by Crippen LogP contribution is -2.13. The van der Waals surface area contributed by atoms with E-state index in [0.29, 0.717) is 12.1 Å². The topological polar surface area (TPSA) is 55.1 Å². The van der Waals surface area contributed by atoms with Crippen molar-refractivity contribution < 1.29 is 4.79 Å². The molecule has 1 rings (SSSR count). The van der Waals surface area contributed by atoms with E-state index in [9.17, 15) is 4.79 Å². The first kappa shape index (κ1) is 14.6. The second-order valence-electron chi connectivity index (χ2n) is 4.88. The van der Waals surface area contributed by atoms with E-state index in [4.69, 9.17) is 5.73 Å². The monoisotopic (exact) mass is 248 g/mol. The largest absolute Gasteiger partial charge is 0.397 e. The van der Waals surface area contributed by atoms with Crippen LogP contribution in [0.15, 0.2) is 12.1 Å². The maximum absolute atomic E-state index is 11.8. The Morgan fingerprint density at radius 2 is 1.83 bits per heavy atom. The van der Waals surface area contributed by atoms with Crippen LogP contribution in [0.3, 0.4) is 0 Å². The van der Waals surface area contributed by atoms with Crippen LogP contribution in [-0.4, -0.2) is 5.91 Å². The molecule has 0 unspecified atom stereocenters. The van der Waals surface area contributed by atoms with Gasteiger partial charge in [0.15, 0.2) is 0 Å². The number of anilines is 2. The highest BCUT2D eigenvalue weighted by molar-refractivity contribution is 5.94. The molecule has 0 heterocycles. The molecule has 0 atom stereocenters. The SMILES string of the molecule is CCCCCCC(=O)Nc1cc(C)c(C)cc1N. The first-order valence-electron chi connectivity index (χ1n) is 6.71. The highest BCUT2D eigenvalue weighted by Gasteiger charge is 2.06. The maximum Gasteiger partial charge on any atom is 0.224 e. The van der Waals surface area contributed by atoms with Crippen molar-refractivity contribution in [3.63, 3.8) is 0 Å². The average Bonchev–Trinajstić information content (AvgIpc) is 2.32. The molecule has 18 heavy (non-hydrogen) atoms. The van der Waals surface area contributed by atoms with Crippen molar-refractivity contribution >= 4 is 17.3 Å². The van der Waals surface area contributed by atoms with Crippen LogP contribution in [0, 0.1) is 13.8 Å². The number of carbonyl (C=O) groups is 1. The predicted molar refractivity (Wildman–Crippen MR) is 77.7 cm³/mol. The fourth-order valence-corrected chi connectivity index (χ4v) is 1.87. The van der Waals surface area contributed by atoms with E-state index in [1.54, 1.807) is 0 Å². The zero-order valence-corrected chi connectivity index (χ0v) is 11.7. The van der Waals surface area contributed by atoms with Crippen LogP contribution in [0.1, 0.15) is 50.2 Å². The molecule has 0 aliphatic carbocycles. The van der Waals surface area contributed by atoms with Crippen molar-refractivity contribution in [2.75, 3.05) is 11.1 Å². The summed E-state index contributed by atoms with van der Waals surface area (Å²) in [5, 5.41) is 2.89. The van der Waals surface area contributed by atoms with Crippen LogP contribution in [-0.2, 0) is 4.79 Å². The lowest BCUT2D eigenvalue weighted by Gasteiger charge is -2.11. The van der Waals surface area contributed by atoms with Gasteiger partial charge in [-0.15, -0.1) is 0 Å². The first-order valence-corrected chi connectivity index (χ1v) is 6.71. The lowest BCUT2D eigenvalue weighted by atomic mass is 10.1. The summed E-state index contributed by atoms with van der Waals surface area (Å²) in [6.07, 6.45) is 5.02. The molecule has 0 spiro atoms. The summed E-state index contributed by atoms with van der Waals surface area (Å²) in [5.41, 5.74) is 9.56. The Morgan fingerprint density at radius 3 is 2.50 bits per heavy atom. The zero-order valence-electron chi connectivity index (χ0n) is 11.7. The molecule has 3 heteroatoms. The second-order valence-corrected chi connectivity index (χ2v) is 4.88. The molecule has 1 amide bonds. The molecule has 3 N–H and O–H groups in total. The molecule has 1 aromatic rings. The number of carbonyl (C=O) groups excluding carboxylic acids is 1. The quantitative estimate of drug-likeness (QED) is 0.594. The third-order valence-corrected chi connectivity index (χ3v) is 3.20. The van der Waals surface area contributed by atoms with Crippen molar-refractivity contribution in [2.45, 2.75) is 52.9 Å². The summed E-state index contributed by atoms with van der Waals surface area (Å²) >= 11 is 0. The number of aryl methyl sites for hydroxylation is 2. The number of nitrogens with one attached hydrogen (secondary N) is 1. The van der Waals surface area contributed by atoms with Gasteiger partial charge in [0.05, 0.1) is 11.4 Å². The van der Waals surface area contributed by atoms with Crippen molar-refractivity contribution in [1.29, 1.82) is 0 Å². The molecule has 1 aromatic carbocycles. The summed E-state index contributed by atoms with van der Waals surface area (Å²) in [6.45, 7) is 6.20. The summed E-state index contributed by atoms with van der Waals surface area (Å²) in [7, 11) is 0. The number of unbranched alkanes of at least 4 members (excludes halogenated alkanes) is 3. The summed E-state index contributed by atoms with van der Waals surface area (Å²) in [5.74, 6) is 0.0565. The van der Waals surface area contributed by atoms with Gasteiger partial charge in [-0.05, 0) is 43.5 Å². The smallest absolute Gasteiger partial charge is 0.224 e. The van der Waals surface area contributed by atoms with Crippen LogP contribution in [0.5, 0.6) is 0 Å². The molecule has 0 saturated carbocycles. The Hall–Kier alpha value is -1.51. The Bertz CT molecular complexity index is 413. The van der Waals surface area contributed by atoms with Gasteiger partial charge in [-0.2, -0.15) is 0 Å².